The monoisotopic (exact) mass is 475 g/mol. The predicted molar refractivity (Wildman–Crippen MR) is 109 cm³/mol. The van der Waals surface area contributed by atoms with Crippen molar-refractivity contribution in [1.29, 1.82) is 0 Å². The third-order valence-electron chi connectivity index (χ3n) is 5.78. The summed E-state index contributed by atoms with van der Waals surface area (Å²) in [4.78, 5) is 17.2. The number of hydrogen-bond donors (Lipinski definition) is 0. The molecule has 0 bridgehead atoms. The van der Waals surface area contributed by atoms with E-state index < -0.39 is 10.0 Å². The molecule has 1 aromatic rings. The summed E-state index contributed by atoms with van der Waals surface area (Å²) in [5.41, 5.74) is 0. The first-order valence-electron chi connectivity index (χ1n) is 9.74. The van der Waals surface area contributed by atoms with Gasteiger partial charge in [0, 0.05) is 38.3 Å². The van der Waals surface area contributed by atoms with Gasteiger partial charge in [0.1, 0.15) is 4.21 Å². The highest BCUT2D eigenvalue weighted by atomic mass is 79.9. The van der Waals surface area contributed by atoms with E-state index in [0.717, 1.165) is 29.5 Å². The molecule has 2 heterocycles. The van der Waals surface area contributed by atoms with Crippen LogP contribution >= 0.6 is 27.3 Å². The third-order valence-corrected chi connectivity index (χ3v) is 9.77. The van der Waals surface area contributed by atoms with E-state index in [9.17, 15) is 13.2 Å². The van der Waals surface area contributed by atoms with Crippen LogP contribution in [0.5, 0.6) is 0 Å². The molecule has 0 unspecified atom stereocenters. The van der Waals surface area contributed by atoms with E-state index in [1.807, 2.05) is 0 Å². The van der Waals surface area contributed by atoms with Gasteiger partial charge in [0.05, 0.1) is 10.3 Å². The Kier molecular flexibility index (Phi) is 5.95. The summed E-state index contributed by atoms with van der Waals surface area (Å²) >= 11 is 4.57. The van der Waals surface area contributed by atoms with Crippen LogP contribution in [0.25, 0.3) is 0 Å². The minimum atomic E-state index is -3.43. The van der Waals surface area contributed by atoms with Crippen molar-refractivity contribution in [2.75, 3.05) is 32.7 Å². The Hall–Kier alpha value is -0.480. The Balaban J connectivity index is 1.33. The van der Waals surface area contributed by atoms with Crippen LogP contribution < -0.4 is 0 Å². The van der Waals surface area contributed by atoms with Gasteiger partial charge in [0.2, 0.25) is 5.91 Å². The minimum absolute atomic E-state index is 0.239. The molecule has 3 fully saturated rings. The highest BCUT2D eigenvalue weighted by Gasteiger charge is 2.39. The summed E-state index contributed by atoms with van der Waals surface area (Å²) in [6.07, 6.45) is 7.04. The summed E-state index contributed by atoms with van der Waals surface area (Å²) in [5.74, 6) is 0.239. The van der Waals surface area contributed by atoms with Crippen LogP contribution in [-0.4, -0.2) is 73.2 Å². The van der Waals surface area contributed by atoms with E-state index in [1.54, 1.807) is 16.4 Å². The minimum Gasteiger partial charge on any atom is -0.336 e. The van der Waals surface area contributed by atoms with E-state index in [2.05, 4.69) is 25.7 Å². The smallest absolute Gasteiger partial charge is 0.252 e. The first-order valence-corrected chi connectivity index (χ1v) is 12.8. The van der Waals surface area contributed by atoms with Crippen molar-refractivity contribution in [3.63, 3.8) is 0 Å². The predicted octanol–water partition coefficient (Wildman–Crippen LogP) is 2.75. The van der Waals surface area contributed by atoms with Crippen molar-refractivity contribution < 1.29 is 13.2 Å². The number of carbonyl (C=O) groups excluding carboxylic acids is 1. The normalized spacial score (nSPS) is 23.0. The fraction of sp³-hybridized carbons (Fsp3) is 0.722. The van der Waals surface area contributed by atoms with Crippen LogP contribution in [0.1, 0.15) is 38.5 Å². The van der Waals surface area contributed by atoms with Crippen molar-refractivity contribution in [3.05, 3.63) is 15.9 Å². The summed E-state index contributed by atoms with van der Waals surface area (Å²) in [6.45, 7) is 2.53. The molecule has 2 saturated carbocycles. The maximum Gasteiger partial charge on any atom is 0.252 e. The number of halogens is 1. The highest BCUT2D eigenvalue weighted by Crippen LogP contribution is 2.34. The highest BCUT2D eigenvalue weighted by molar-refractivity contribution is 9.11. The molecule has 0 N–H and O–H groups in total. The Morgan fingerprint density at radius 1 is 1.07 bits per heavy atom. The molecule has 6 nitrogen and oxygen atoms in total. The van der Waals surface area contributed by atoms with E-state index in [1.165, 1.54) is 24.2 Å². The van der Waals surface area contributed by atoms with Gasteiger partial charge in [-0.05, 0) is 53.7 Å². The van der Waals surface area contributed by atoms with E-state index >= 15 is 0 Å². The topological polar surface area (TPSA) is 60.9 Å². The molecule has 0 radical (unpaired) electrons. The molecule has 1 aliphatic heterocycles. The van der Waals surface area contributed by atoms with Crippen molar-refractivity contribution in [1.82, 2.24) is 14.1 Å². The van der Waals surface area contributed by atoms with Crippen LogP contribution in [0, 0.1) is 0 Å². The fourth-order valence-electron chi connectivity index (χ4n) is 4.21. The molecule has 2 aliphatic carbocycles. The largest absolute Gasteiger partial charge is 0.336 e. The lowest BCUT2D eigenvalue weighted by molar-refractivity contribution is -0.135. The molecular weight excluding hydrogens is 450 g/mol. The molecule has 1 aromatic heterocycles. The van der Waals surface area contributed by atoms with Crippen LogP contribution in [0.4, 0.5) is 0 Å². The molecule has 0 aromatic carbocycles. The maximum absolute atomic E-state index is 12.9. The fourth-order valence-corrected chi connectivity index (χ4v) is 7.79. The number of sulfonamides is 1. The molecule has 27 heavy (non-hydrogen) atoms. The maximum atomic E-state index is 12.9. The Labute approximate surface area is 173 Å². The molecule has 3 aliphatic rings. The Morgan fingerprint density at radius 2 is 1.70 bits per heavy atom. The van der Waals surface area contributed by atoms with Gasteiger partial charge in [-0.3, -0.25) is 9.69 Å². The number of rotatable bonds is 6. The zero-order valence-corrected chi connectivity index (χ0v) is 18.6. The Bertz CT molecular complexity index is 780. The van der Waals surface area contributed by atoms with Crippen LogP contribution in [0.3, 0.4) is 0 Å². The molecule has 4 rings (SSSR count). The summed E-state index contributed by atoms with van der Waals surface area (Å²) in [7, 11) is -3.43. The second-order valence-electron chi connectivity index (χ2n) is 7.71. The lowest BCUT2D eigenvalue weighted by atomic mass is 10.2. The summed E-state index contributed by atoms with van der Waals surface area (Å²) < 4.78 is 28.2. The molecule has 1 saturated heterocycles. The van der Waals surface area contributed by atoms with Crippen molar-refractivity contribution in [2.45, 2.75) is 54.8 Å². The lowest BCUT2D eigenvalue weighted by Crippen LogP contribution is -2.52. The van der Waals surface area contributed by atoms with Crippen LogP contribution in [0.2, 0.25) is 0 Å². The van der Waals surface area contributed by atoms with Gasteiger partial charge < -0.3 is 4.90 Å². The zero-order valence-electron chi connectivity index (χ0n) is 15.3. The van der Waals surface area contributed by atoms with Crippen molar-refractivity contribution in [2.24, 2.45) is 0 Å². The van der Waals surface area contributed by atoms with Gasteiger partial charge in [0.15, 0.2) is 0 Å². The first kappa shape index (κ1) is 19.8. The standard InChI is InChI=1S/C18H26BrN3O3S2/c19-16-7-8-18(26-16)27(24,25)21-11-9-20(10-12-21)13-17(23)22(15-5-6-15)14-3-1-2-4-14/h7-8,14-15H,1-6,9-13H2. The molecule has 0 atom stereocenters. The second kappa shape index (κ2) is 8.10. The van der Waals surface area contributed by atoms with Gasteiger partial charge in [-0.2, -0.15) is 4.31 Å². The molecule has 9 heteroatoms. The molecule has 1 amide bonds. The van der Waals surface area contributed by atoms with Gasteiger partial charge >= 0.3 is 0 Å². The zero-order chi connectivity index (χ0) is 19.0. The van der Waals surface area contributed by atoms with Gasteiger partial charge in [-0.15, -0.1) is 11.3 Å². The van der Waals surface area contributed by atoms with Gasteiger partial charge in [-0.1, -0.05) is 12.8 Å². The van der Waals surface area contributed by atoms with Gasteiger partial charge in [0.25, 0.3) is 10.0 Å². The summed E-state index contributed by atoms with van der Waals surface area (Å²) in [5, 5.41) is 0. The number of thiophene rings is 1. The third kappa shape index (κ3) is 4.42. The number of piperazine rings is 1. The van der Waals surface area contributed by atoms with Crippen LogP contribution in [0.15, 0.2) is 20.1 Å². The van der Waals surface area contributed by atoms with E-state index in [-0.39, 0.29) is 5.91 Å². The molecular formula is C18H26BrN3O3S2. The summed E-state index contributed by atoms with van der Waals surface area (Å²) in [6, 6.07) is 4.31. The average Bonchev–Trinajstić information content (AvgIpc) is 3.12. The molecule has 0 spiro atoms. The number of nitrogens with zero attached hydrogens (tertiary/aromatic N) is 3. The van der Waals surface area contributed by atoms with Crippen LogP contribution in [-0.2, 0) is 14.8 Å². The average molecular weight is 476 g/mol. The first-order chi connectivity index (χ1) is 12.9. The molecule has 150 valence electrons. The number of amides is 1. The van der Waals surface area contributed by atoms with Gasteiger partial charge in [-0.25, -0.2) is 8.42 Å². The number of hydrogen-bond acceptors (Lipinski definition) is 5. The van der Waals surface area contributed by atoms with Crippen molar-refractivity contribution >= 4 is 43.2 Å². The quantitative estimate of drug-likeness (QED) is 0.634. The van der Waals surface area contributed by atoms with Crippen molar-refractivity contribution in [3.8, 4) is 0 Å². The lowest BCUT2D eigenvalue weighted by Gasteiger charge is -2.36. The van der Waals surface area contributed by atoms with E-state index in [4.69, 9.17) is 0 Å². The Morgan fingerprint density at radius 3 is 2.26 bits per heavy atom. The SMILES string of the molecule is O=C(CN1CCN(S(=O)(=O)c2ccc(Br)s2)CC1)N(C1CCCC1)C1CC1. The van der Waals surface area contributed by atoms with E-state index in [0.29, 0.717) is 49.0 Å². The second-order valence-corrected chi connectivity index (χ2v) is 12.3. The number of carbonyl (C=O) groups is 1.